The van der Waals surface area contributed by atoms with Crippen molar-refractivity contribution in [3.8, 4) is 0 Å². The second-order valence-corrected chi connectivity index (χ2v) is 5.36. The number of amides is 1. The van der Waals surface area contributed by atoms with Crippen LogP contribution in [0.3, 0.4) is 0 Å². The molecule has 112 valence electrons. The van der Waals surface area contributed by atoms with Crippen molar-refractivity contribution >= 4 is 17.5 Å². The molecule has 1 aromatic carbocycles. The lowest BCUT2D eigenvalue weighted by Gasteiger charge is -2.14. The molecule has 21 heavy (non-hydrogen) atoms. The first kappa shape index (κ1) is 15.5. The van der Waals surface area contributed by atoms with Gasteiger partial charge in [-0.3, -0.25) is 4.79 Å². The first-order valence-electron chi connectivity index (χ1n) is 6.86. The average molecular weight is 307 g/mol. The third-order valence-corrected chi connectivity index (χ3v) is 3.48. The largest absolute Gasteiger partial charge is 0.348 e. The molecule has 5 nitrogen and oxygen atoms in total. The summed E-state index contributed by atoms with van der Waals surface area (Å²) in [7, 11) is 0. The van der Waals surface area contributed by atoms with E-state index in [0.29, 0.717) is 30.2 Å². The van der Waals surface area contributed by atoms with Crippen LogP contribution in [-0.4, -0.2) is 28.0 Å². The number of halogens is 1. The Morgan fingerprint density at radius 2 is 2.24 bits per heavy atom. The van der Waals surface area contributed by atoms with Gasteiger partial charge in [-0.25, -0.2) is 4.98 Å². The minimum Gasteiger partial charge on any atom is -0.348 e. The number of carbonyl (C=O) groups is 1. The molecule has 1 amide bonds. The first-order chi connectivity index (χ1) is 10.1. The predicted octanol–water partition coefficient (Wildman–Crippen LogP) is 1.86. The Hall–Kier alpha value is -1.85. The maximum absolute atomic E-state index is 12.1. The van der Waals surface area contributed by atoms with E-state index in [9.17, 15) is 4.79 Å². The molecule has 3 N–H and O–H groups in total. The van der Waals surface area contributed by atoms with Crippen LogP contribution in [0, 0.1) is 0 Å². The van der Waals surface area contributed by atoms with Crippen LogP contribution in [0.15, 0.2) is 36.8 Å². The van der Waals surface area contributed by atoms with Gasteiger partial charge in [0.25, 0.3) is 5.91 Å². The summed E-state index contributed by atoms with van der Waals surface area (Å²) in [4.78, 5) is 16.2. The highest BCUT2D eigenvalue weighted by molar-refractivity contribution is 6.31. The van der Waals surface area contributed by atoms with E-state index in [0.717, 1.165) is 5.56 Å². The zero-order valence-electron chi connectivity index (χ0n) is 11.9. The summed E-state index contributed by atoms with van der Waals surface area (Å²) in [6.07, 6.45) is 3.99. The molecule has 0 bridgehead atoms. The Balaban J connectivity index is 1.94. The van der Waals surface area contributed by atoms with E-state index in [1.54, 1.807) is 17.1 Å². The third-order valence-electron chi connectivity index (χ3n) is 3.11. The molecule has 1 aromatic heterocycles. The van der Waals surface area contributed by atoms with Gasteiger partial charge in [-0.1, -0.05) is 29.8 Å². The minimum absolute atomic E-state index is 0.0305. The van der Waals surface area contributed by atoms with E-state index in [2.05, 4.69) is 10.3 Å². The van der Waals surface area contributed by atoms with Gasteiger partial charge in [0, 0.05) is 30.4 Å². The monoisotopic (exact) mass is 306 g/mol. The maximum Gasteiger partial charge on any atom is 0.271 e. The highest BCUT2D eigenvalue weighted by Gasteiger charge is 2.13. The van der Waals surface area contributed by atoms with Gasteiger partial charge in [-0.05, 0) is 25.0 Å². The number of hydrogen-bond donors (Lipinski definition) is 2. The Kier molecular flexibility index (Phi) is 5.36. The van der Waals surface area contributed by atoms with Gasteiger partial charge in [0.1, 0.15) is 5.69 Å². The van der Waals surface area contributed by atoms with Gasteiger partial charge < -0.3 is 15.6 Å². The van der Waals surface area contributed by atoms with Crippen molar-refractivity contribution in [2.24, 2.45) is 5.73 Å². The lowest BCUT2D eigenvalue weighted by Crippen LogP contribution is -2.34. The van der Waals surface area contributed by atoms with E-state index in [-0.39, 0.29) is 11.9 Å². The second kappa shape index (κ2) is 7.24. The fraction of sp³-hybridized carbons (Fsp3) is 0.333. The van der Waals surface area contributed by atoms with Crippen molar-refractivity contribution in [3.05, 3.63) is 53.1 Å². The molecular formula is C15H19ClN4O. The van der Waals surface area contributed by atoms with E-state index in [1.807, 2.05) is 31.2 Å². The summed E-state index contributed by atoms with van der Waals surface area (Å²) in [6, 6.07) is 7.60. The van der Waals surface area contributed by atoms with Crippen LogP contribution < -0.4 is 11.1 Å². The minimum atomic E-state index is -0.190. The van der Waals surface area contributed by atoms with Crippen molar-refractivity contribution in [1.82, 2.24) is 14.9 Å². The van der Waals surface area contributed by atoms with Crippen LogP contribution in [0.1, 0.15) is 23.0 Å². The number of aromatic nitrogens is 2. The van der Waals surface area contributed by atoms with Crippen molar-refractivity contribution in [1.29, 1.82) is 0 Å². The van der Waals surface area contributed by atoms with Crippen LogP contribution >= 0.6 is 11.6 Å². The highest BCUT2D eigenvalue weighted by atomic mass is 35.5. The molecule has 1 unspecified atom stereocenters. The van der Waals surface area contributed by atoms with Crippen LogP contribution in [-0.2, 0) is 13.0 Å². The smallest absolute Gasteiger partial charge is 0.271 e. The first-order valence-corrected chi connectivity index (χ1v) is 7.24. The van der Waals surface area contributed by atoms with Crippen LogP contribution in [0.4, 0.5) is 0 Å². The van der Waals surface area contributed by atoms with Gasteiger partial charge in [-0.15, -0.1) is 0 Å². The summed E-state index contributed by atoms with van der Waals surface area (Å²) < 4.78 is 1.80. The number of nitrogens with two attached hydrogens (primary N) is 1. The van der Waals surface area contributed by atoms with Crippen molar-refractivity contribution in [3.63, 3.8) is 0 Å². The SMILES string of the molecule is CC(Cc1ccccc1Cl)NC(=O)c1cn(CCN)cn1. The predicted molar refractivity (Wildman–Crippen MR) is 83.4 cm³/mol. The number of benzene rings is 1. The molecule has 0 aliphatic heterocycles. The van der Waals surface area contributed by atoms with Crippen molar-refractivity contribution in [2.45, 2.75) is 25.9 Å². The summed E-state index contributed by atoms with van der Waals surface area (Å²) >= 11 is 6.12. The fourth-order valence-electron chi connectivity index (χ4n) is 2.09. The van der Waals surface area contributed by atoms with Gasteiger partial charge >= 0.3 is 0 Å². The number of imidazole rings is 1. The second-order valence-electron chi connectivity index (χ2n) is 4.96. The molecule has 0 radical (unpaired) electrons. The van der Waals surface area contributed by atoms with Gasteiger partial charge in [0.05, 0.1) is 6.33 Å². The molecular weight excluding hydrogens is 288 g/mol. The molecule has 1 heterocycles. The zero-order valence-corrected chi connectivity index (χ0v) is 12.7. The van der Waals surface area contributed by atoms with E-state index in [4.69, 9.17) is 17.3 Å². The number of rotatable bonds is 6. The maximum atomic E-state index is 12.1. The Bertz CT molecular complexity index is 611. The summed E-state index contributed by atoms with van der Waals surface area (Å²) in [5.74, 6) is -0.190. The van der Waals surface area contributed by atoms with E-state index < -0.39 is 0 Å². The molecule has 1 atom stereocenters. The van der Waals surface area contributed by atoms with Crippen molar-refractivity contribution in [2.75, 3.05) is 6.54 Å². The summed E-state index contributed by atoms with van der Waals surface area (Å²) in [5.41, 5.74) is 6.88. The molecule has 2 aromatic rings. The quantitative estimate of drug-likeness (QED) is 0.855. The molecule has 0 saturated heterocycles. The third kappa shape index (κ3) is 4.31. The van der Waals surface area contributed by atoms with Crippen LogP contribution in [0.2, 0.25) is 5.02 Å². The molecule has 6 heteroatoms. The lowest BCUT2D eigenvalue weighted by atomic mass is 10.1. The number of hydrogen-bond acceptors (Lipinski definition) is 3. The topological polar surface area (TPSA) is 72.9 Å². The number of carbonyl (C=O) groups excluding carboxylic acids is 1. The van der Waals surface area contributed by atoms with Gasteiger partial charge in [0.2, 0.25) is 0 Å². The lowest BCUT2D eigenvalue weighted by molar-refractivity contribution is 0.0935. The number of nitrogens with one attached hydrogen (secondary N) is 1. The van der Waals surface area contributed by atoms with Crippen LogP contribution in [0.25, 0.3) is 0 Å². The summed E-state index contributed by atoms with van der Waals surface area (Å²) in [5, 5.41) is 3.64. The van der Waals surface area contributed by atoms with Gasteiger partial charge in [0.15, 0.2) is 0 Å². The molecule has 0 aliphatic rings. The molecule has 0 spiro atoms. The summed E-state index contributed by atoms with van der Waals surface area (Å²) in [6.45, 7) is 3.11. The van der Waals surface area contributed by atoms with Crippen molar-refractivity contribution < 1.29 is 4.79 Å². The van der Waals surface area contributed by atoms with E-state index >= 15 is 0 Å². The molecule has 2 rings (SSSR count). The molecule has 0 aliphatic carbocycles. The zero-order chi connectivity index (χ0) is 15.2. The normalized spacial score (nSPS) is 12.1. The number of nitrogens with zero attached hydrogens (tertiary/aromatic N) is 2. The standard InChI is InChI=1S/C15H19ClN4O/c1-11(8-12-4-2-3-5-13(12)16)19-15(21)14-9-20(7-6-17)10-18-14/h2-5,9-11H,6-8,17H2,1H3,(H,19,21). The van der Waals surface area contributed by atoms with Crippen LogP contribution in [0.5, 0.6) is 0 Å². The Morgan fingerprint density at radius 3 is 2.95 bits per heavy atom. The fourth-order valence-corrected chi connectivity index (χ4v) is 2.30. The Morgan fingerprint density at radius 1 is 1.48 bits per heavy atom. The van der Waals surface area contributed by atoms with E-state index in [1.165, 1.54) is 0 Å². The highest BCUT2D eigenvalue weighted by Crippen LogP contribution is 2.16. The Labute approximate surface area is 129 Å². The van der Waals surface area contributed by atoms with Gasteiger partial charge in [-0.2, -0.15) is 0 Å². The average Bonchev–Trinajstić information content (AvgIpc) is 2.90. The molecule has 0 fully saturated rings. The molecule has 0 saturated carbocycles.